The average Bonchev–Trinajstić information content (AvgIpc) is 2.51. The van der Waals surface area contributed by atoms with Gasteiger partial charge in [-0.2, -0.15) is 0 Å². The van der Waals surface area contributed by atoms with Crippen molar-refractivity contribution in [1.82, 2.24) is 14.9 Å². The second kappa shape index (κ2) is 4.01. The highest BCUT2D eigenvalue weighted by Gasteiger charge is 2.10. The Labute approximate surface area is 71.6 Å². The minimum Gasteiger partial charge on any atom is -0.348 e. The van der Waals surface area contributed by atoms with Crippen LogP contribution in [0.5, 0.6) is 0 Å². The van der Waals surface area contributed by atoms with Crippen LogP contribution in [0.25, 0.3) is 0 Å². The molecule has 0 fully saturated rings. The van der Waals surface area contributed by atoms with Gasteiger partial charge in [-0.25, -0.2) is 4.98 Å². The summed E-state index contributed by atoms with van der Waals surface area (Å²) in [5.74, 6) is 0. The largest absolute Gasteiger partial charge is 0.348 e. The Morgan fingerprint density at radius 2 is 2.50 bits per heavy atom. The van der Waals surface area contributed by atoms with E-state index in [9.17, 15) is 4.79 Å². The summed E-state index contributed by atoms with van der Waals surface area (Å²) in [5, 5.41) is 0. The first-order valence-corrected chi connectivity index (χ1v) is 3.83. The number of H-pyrrole nitrogens is 1. The lowest BCUT2D eigenvalue weighted by Crippen LogP contribution is -2.31. The fourth-order valence-electron chi connectivity index (χ4n) is 0.974. The van der Waals surface area contributed by atoms with Crippen LogP contribution in [0.1, 0.15) is 5.69 Å². The Kier molecular flexibility index (Phi) is 2.99. The number of nitrogens with zero attached hydrogens (tertiary/aromatic N) is 2. The summed E-state index contributed by atoms with van der Waals surface area (Å²) < 4.78 is 0. The molecule has 0 aliphatic carbocycles. The first-order valence-electron chi connectivity index (χ1n) is 3.83. The van der Waals surface area contributed by atoms with Gasteiger partial charge in [0.2, 0.25) is 0 Å². The van der Waals surface area contributed by atoms with Crippen molar-refractivity contribution < 1.29 is 4.79 Å². The summed E-state index contributed by atoms with van der Waals surface area (Å²) in [4.78, 5) is 19.3. The second-order valence-corrected chi connectivity index (χ2v) is 2.95. The van der Waals surface area contributed by atoms with Crippen molar-refractivity contribution in [3.63, 3.8) is 0 Å². The maximum Gasteiger partial charge on any atom is 0.137 e. The number of nitrogens with one attached hydrogen (secondary N) is 1. The zero-order chi connectivity index (χ0) is 8.97. The molecular weight excluding hydrogens is 154 g/mol. The lowest BCUT2D eigenvalue weighted by molar-refractivity contribution is -0.111. The van der Waals surface area contributed by atoms with Crippen molar-refractivity contribution in [2.24, 2.45) is 0 Å². The van der Waals surface area contributed by atoms with Crippen LogP contribution in [0, 0.1) is 0 Å². The fraction of sp³-hybridized carbons (Fsp3) is 0.500. The van der Waals surface area contributed by atoms with E-state index in [0.717, 1.165) is 12.0 Å². The molecule has 1 N–H and O–H groups in total. The number of rotatable bonds is 4. The van der Waals surface area contributed by atoms with Gasteiger partial charge in [-0.05, 0) is 14.1 Å². The van der Waals surface area contributed by atoms with Crippen LogP contribution in [-0.2, 0) is 11.2 Å². The lowest BCUT2D eigenvalue weighted by atomic mass is 10.2. The first-order chi connectivity index (χ1) is 5.74. The maximum atomic E-state index is 10.6. The minimum absolute atomic E-state index is 0.0644. The monoisotopic (exact) mass is 167 g/mol. The molecule has 1 aromatic rings. The predicted molar refractivity (Wildman–Crippen MR) is 45.8 cm³/mol. The van der Waals surface area contributed by atoms with Gasteiger partial charge in [0, 0.05) is 18.3 Å². The third-order valence-electron chi connectivity index (χ3n) is 1.80. The summed E-state index contributed by atoms with van der Waals surface area (Å²) in [7, 11) is 3.77. The van der Waals surface area contributed by atoms with Crippen LogP contribution in [0.4, 0.5) is 0 Å². The minimum atomic E-state index is -0.0644. The average molecular weight is 167 g/mol. The third-order valence-corrected chi connectivity index (χ3v) is 1.80. The molecule has 0 spiro atoms. The normalized spacial score (nSPS) is 13.2. The topological polar surface area (TPSA) is 49.0 Å². The molecule has 0 amide bonds. The quantitative estimate of drug-likeness (QED) is 0.646. The van der Waals surface area contributed by atoms with Crippen molar-refractivity contribution in [2.45, 2.75) is 12.5 Å². The molecule has 0 saturated heterocycles. The molecule has 4 heteroatoms. The van der Waals surface area contributed by atoms with Crippen molar-refractivity contribution in [3.05, 3.63) is 18.2 Å². The summed E-state index contributed by atoms with van der Waals surface area (Å²) in [6, 6.07) is -0.0644. The van der Waals surface area contributed by atoms with Gasteiger partial charge >= 0.3 is 0 Å². The number of aromatic amines is 1. The molecule has 0 bridgehead atoms. The van der Waals surface area contributed by atoms with Gasteiger partial charge in [0.1, 0.15) is 6.29 Å². The van der Waals surface area contributed by atoms with E-state index in [4.69, 9.17) is 0 Å². The zero-order valence-electron chi connectivity index (χ0n) is 7.32. The highest BCUT2D eigenvalue weighted by Crippen LogP contribution is 2.00. The molecule has 0 aliphatic heterocycles. The fourth-order valence-corrected chi connectivity index (χ4v) is 0.974. The van der Waals surface area contributed by atoms with E-state index in [1.165, 1.54) is 0 Å². The lowest BCUT2D eigenvalue weighted by Gasteiger charge is -2.16. The molecule has 0 radical (unpaired) electrons. The van der Waals surface area contributed by atoms with E-state index < -0.39 is 0 Å². The predicted octanol–water partition coefficient (Wildman–Crippen LogP) is 0.0813. The van der Waals surface area contributed by atoms with Crippen LogP contribution in [-0.4, -0.2) is 41.3 Å². The smallest absolute Gasteiger partial charge is 0.137 e. The molecule has 1 heterocycles. The van der Waals surface area contributed by atoms with Gasteiger partial charge in [0.15, 0.2) is 0 Å². The number of aldehydes is 1. The molecule has 0 saturated carbocycles. The van der Waals surface area contributed by atoms with E-state index in [1.54, 1.807) is 12.5 Å². The molecule has 1 atom stereocenters. The van der Waals surface area contributed by atoms with E-state index in [1.807, 2.05) is 19.0 Å². The van der Waals surface area contributed by atoms with Crippen LogP contribution in [0.15, 0.2) is 12.5 Å². The number of imidazole rings is 1. The summed E-state index contributed by atoms with van der Waals surface area (Å²) in [6.07, 6.45) is 4.99. The van der Waals surface area contributed by atoms with E-state index in [0.29, 0.717) is 6.42 Å². The van der Waals surface area contributed by atoms with Crippen molar-refractivity contribution >= 4 is 6.29 Å². The van der Waals surface area contributed by atoms with Gasteiger partial charge in [-0.3, -0.25) is 4.90 Å². The SMILES string of the molecule is CN(C)C(C=O)Cc1cnc[nH]1. The van der Waals surface area contributed by atoms with Crippen molar-refractivity contribution in [1.29, 1.82) is 0 Å². The number of carbonyl (C=O) groups excluding carboxylic acids is 1. The number of hydrogen-bond donors (Lipinski definition) is 1. The summed E-state index contributed by atoms with van der Waals surface area (Å²) in [6.45, 7) is 0. The van der Waals surface area contributed by atoms with Crippen LogP contribution >= 0.6 is 0 Å². The zero-order valence-corrected chi connectivity index (χ0v) is 7.32. The number of aromatic nitrogens is 2. The molecule has 12 heavy (non-hydrogen) atoms. The Balaban J connectivity index is 2.54. The maximum absolute atomic E-state index is 10.6. The Bertz CT molecular complexity index is 230. The molecule has 0 aromatic carbocycles. The van der Waals surface area contributed by atoms with Gasteiger partial charge in [0.05, 0.1) is 12.4 Å². The third kappa shape index (κ3) is 2.17. The Morgan fingerprint density at radius 1 is 1.75 bits per heavy atom. The van der Waals surface area contributed by atoms with Gasteiger partial charge in [-0.1, -0.05) is 0 Å². The van der Waals surface area contributed by atoms with Crippen molar-refractivity contribution in [2.75, 3.05) is 14.1 Å². The molecule has 66 valence electrons. The molecular formula is C8H13N3O. The standard InChI is InChI=1S/C8H13N3O/c1-11(2)8(5-12)3-7-4-9-6-10-7/h4-6,8H,3H2,1-2H3,(H,9,10). The van der Waals surface area contributed by atoms with Crippen LogP contribution < -0.4 is 0 Å². The highest BCUT2D eigenvalue weighted by molar-refractivity contribution is 5.58. The number of carbonyl (C=O) groups is 1. The molecule has 1 aromatic heterocycles. The molecule has 1 rings (SSSR count). The van der Waals surface area contributed by atoms with E-state index >= 15 is 0 Å². The van der Waals surface area contributed by atoms with Crippen LogP contribution in [0.3, 0.4) is 0 Å². The number of hydrogen-bond acceptors (Lipinski definition) is 3. The van der Waals surface area contributed by atoms with Gasteiger partial charge in [-0.15, -0.1) is 0 Å². The molecule has 1 unspecified atom stereocenters. The molecule has 4 nitrogen and oxygen atoms in total. The van der Waals surface area contributed by atoms with E-state index in [-0.39, 0.29) is 6.04 Å². The number of likely N-dealkylation sites (N-methyl/N-ethyl adjacent to an activating group) is 1. The van der Waals surface area contributed by atoms with E-state index in [2.05, 4.69) is 9.97 Å². The van der Waals surface area contributed by atoms with Crippen molar-refractivity contribution in [3.8, 4) is 0 Å². The van der Waals surface area contributed by atoms with Gasteiger partial charge in [0.25, 0.3) is 0 Å². The Hall–Kier alpha value is -1.16. The second-order valence-electron chi connectivity index (χ2n) is 2.95. The Morgan fingerprint density at radius 3 is 2.92 bits per heavy atom. The molecule has 0 aliphatic rings. The van der Waals surface area contributed by atoms with Gasteiger partial charge < -0.3 is 9.78 Å². The van der Waals surface area contributed by atoms with Crippen LogP contribution in [0.2, 0.25) is 0 Å². The summed E-state index contributed by atoms with van der Waals surface area (Å²) in [5.41, 5.74) is 0.987. The highest BCUT2D eigenvalue weighted by atomic mass is 16.1. The first kappa shape index (κ1) is 8.93. The summed E-state index contributed by atoms with van der Waals surface area (Å²) >= 11 is 0.